The van der Waals surface area contributed by atoms with E-state index in [2.05, 4.69) is 34.0 Å². The second-order valence-electron chi connectivity index (χ2n) is 8.47. The molecule has 0 radical (unpaired) electrons. The maximum absolute atomic E-state index is 13.6. The molecule has 4 nitrogen and oxygen atoms in total. The third kappa shape index (κ3) is 7.14. The molecular formula is C31H28N2O2. The van der Waals surface area contributed by atoms with Gasteiger partial charge < -0.3 is 4.74 Å². The van der Waals surface area contributed by atoms with Gasteiger partial charge in [-0.15, -0.1) is 0 Å². The quantitative estimate of drug-likeness (QED) is 0.198. The second kappa shape index (κ2) is 12.3. The summed E-state index contributed by atoms with van der Waals surface area (Å²) in [6.07, 6.45) is 0.455. The van der Waals surface area contributed by atoms with Crippen molar-refractivity contribution in [3.05, 3.63) is 149 Å². The van der Waals surface area contributed by atoms with Gasteiger partial charge in [-0.25, -0.2) is 4.85 Å². The topological polar surface area (TPSA) is 33.9 Å². The number of hydrogen-bond donors (Lipinski definition) is 0. The molecule has 0 bridgehead atoms. The van der Waals surface area contributed by atoms with Crippen molar-refractivity contribution in [1.82, 2.24) is 4.90 Å². The minimum atomic E-state index is -0.514. The van der Waals surface area contributed by atoms with Crippen molar-refractivity contribution in [2.45, 2.75) is 32.2 Å². The van der Waals surface area contributed by atoms with Crippen LogP contribution < -0.4 is 0 Å². The molecule has 0 spiro atoms. The highest BCUT2D eigenvalue weighted by Crippen LogP contribution is 2.21. The van der Waals surface area contributed by atoms with E-state index in [9.17, 15) is 4.79 Å². The number of carbonyl (C=O) groups excluding carboxylic acids is 1. The number of nitrogens with zero attached hydrogens (tertiary/aromatic N) is 2. The van der Waals surface area contributed by atoms with Crippen molar-refractivity contribution < 1.29 is 9.53 Å². The van der Waals surface area contributed by atoms with E-state index in [1.54, 1.807) is 6.07 Å². The Kier molecular flexibility index (Phi) is 8.42. The highest BCUT2D eigenvalue weighted by Gasteiger charge is 2.28. The molecule has 0 unspecified atom stereocenters. The molecular weight excluding hydrogens is 432 g/mol. The standard InChI is InChI=1S/C31H28N2O2/c1-32-29-19-11-18-28(20-29)21-30(31(34)35-24-27-16-9-4-10-17-27)33(22-25-12-5-2-6-13-25)23-26-14-7-3-8-15-26/h2-20,30H,21-24H2/t30-/m0/s1. The van der Waals surface area contributed by atoms with E-state index in [0.717, 1.165) is 22.3 Å². The molecule has 4 aromatic rings. The fourth-order valence-electron chi connectivity index (χ4n) is 4.07. The molecule has 0 aliphatic carbocycles. The summed E-state index contributed by atoms with van der Waals surface area (Å²) in [5.74, 6) is -0.270. The minimum Gasteiger partial charge on any atom is -0.460 e. The molecule has 1 atom stereocenters. The Hall–Kier alpha value is -4.20. The third-order valence-corrected chi connectivity index (χ3v) is 5.86. The molecule has 4 rings (SSSR count). The molecule has 0 saturated carbocycles. The zero-order valence-corrected chi connectivity index (χ0v) is 19.6. The van der Waals surface area contributed by atoms with Crippen LogP contribution in [-0.4, -0.2) is 16.9 Å². The summed E-state index contributed by atoms with van der Waals surface area (Å²) >= 11 is 0. The second-order valence-corrected chi connectivity index (χ2v) is 8.47. The molecule has 0 heterocycles. The van der Waals surface area contributed by atoms with Crippen LogP contribution in [0.4, 0.5) is 5.69 Å². The summed E-state index contributed by atoms with van der Waals surface area (Å²) in [7, 11) is 0. The molecule has 0 aliphatic heterocycles. The fourth-order valence-corrected chi connectivity index (χ4v) is 4.07. The first-order valence-corrected chi connectivity index (χ1v) is 11.7. The number of carbonyl (C=O) groups is 1. The van der Waals surface area contributed by atoms with E-state index in [-0.39, 0.29) is 12.6 Å². The van der Waals surface area contributed by atoms with Gasteiger partial charge in [-0.3, -0.25) is 9.69 Å². The lowest BCUT2D eigenvalue weighted by molar-refractivity contribution is -0.152. The van der Waals surface area contributed by atoms with Crippen LogP contribution in [0.25, 0.3) is 4.85 Å². The van der Waals surface area contributed by atoms with Gasteiger partial charge in [0.1, 0.15) is 12.6 Å². The molecule has 4 heteroatoms. The molecule has 0 aromatic heterocycles. The molecule has 0 saturated heterocycles. The van der Waals surface area contributed by atoms with Gasteiger partial charge >= 0.3 is 5.97 Å². The monoisotopic (exact) mass is 460 g/mol. The van der Waals surface area contributed by atoms with Gasteiger partial charge in [0, 0.05) is 13.1 Å². The van der Waals surface area contributed by atoms with Gasteiger partial charge in [0.15, 0.2) is 5.69 Å². The summed E-state index contributed by atoms with van der Waals surface area (Å²) in [6, 6.07) is 37.0. The maximum atomic E-state index is 13.6. The number of benzene rings is 4. The lowest BCUT2D eigenvalue weighted by Gasteiger charge is -2.31. The van der Waals surface area contributed by atoms with Gasteiger partial charge in [-0.2, -0.15) is 0 Å². The van der Waals surface area contributed by atoms with E-state index >= 15 is 0 Å². The first-order valence-electron chi connectivity index (χ1n) is 11.7. The van der Waals surface area contributed by atoms with Crippen LogP contribution in [-0.2, 0) is 35.6 Å². The van der Waals surface area contributed by atoms with Crippen molar-refractivity contribution in [3.8, 4) is 0 Å². The van der Waals surface area contributed by atoms with Crippen molar-refractivity contribution in [2.24, 2.45) is 0 Å². The van der Waals surface area contributed by atoms with E-state index < -0.39 is 6.04 Å². The Labute approximate surface area is 207 Å². The first kappa shape index (κ1) is 23.9. The van der Waals surface area contributed by atoms with Crippen LogP contribution in [0, 0.1) is 6.57 Å². The maximum Gasteiger partial charge on any atom is 0.324 e. The van der Waals surface area contributed by atoms with E-state index in [4.69, 9.17) is 11.3 Å². The fraction of sp³-hybridized carbons (Fsp3) is 0.161. The van der Waals surface area contributed by atoms with Crippen LogP contribution >= 0.6 is 0 Å². The Morgan fingerprint density at radius 1 is 0.714 bits per heavy atom. The van der Waals surface area contributed by atoms with Crippen LogP contribution in [0.2, 0.25) is 0 Å². The smallest absolute Gasteiger partial charge is 0.324 e. The third-order valence-electron chi connectivity index (χ3n) is 5.86. The molecule has 4 aromatic carbocycles. The lowest BCUT2D eigenvalue weighted by atomic mass is 10.0. The van der Waals surface area contributed by atoms with Crippen molar-refractivity contribution in [3.63, 3.8) is 0 Å². The van der Waals surface area contributed by atoms with Crippen LogP contribution in [0.3, 0.4) is 0 Å². The number of ether oxygens (including phenoxy) is 1. The van der Waals surface area contributed by atoms with Crippen LogP contribution in [0.15, 0.2) is 115 Å². The summed E-state index contributed by atoms with van der Waals surface area (Å²) < 4.78 is 5.83. The predicted molar refractivity (Wildman–Crippen MR) is 139 cm³/mol. The minimum absolute atomic E-state index is 0.225. The number of hydrogen-bond acceptors (Lipinski definition) is 3. The SMILES string of the molecule is [C-]#[N+]c1cccc(C[C@@H](C(=O)OCc2ccccc2)N(Cc2ccccc2)Cc2ccccc2)c1. The molecule has 174 valence electrons. The molecule has 0 amide bonds. The zero-order chi connectivity index (χ0) is 24.3. The van der Waals surface area contributed by atoms with Crippen molar-refractivity contribution >= 4 is 11.7 Å². The number of esters is 1. The number of rotatable bonds is 10. The van der Waals surface area contributed by atoms with E-state index in [1.807, 2.05) is 84.9 Å². The van der Waals surface area contributed by atoms with Crippen molar-refractivity contribution in [2.75, 3.05) is 0 Å². The average molecular weight is 461 g/mol. The zero-order valence-electron chi connectivity index (χ0n) is 19.6. The Balaban J connectivity index is 1.64. The summed E-state index contributed by atoms with van der Waals surface area (Å²) in [5, 5.41) is 0. The van der Waals surface area contributed by atoms with Gasteiger partial charge in [-0.05, 0) is 23.1 Å². The van der Waals surface area contributed by atoms with Crippen LogP contribution in [0.5, 0.6) is 0 Å². The molecule has 0 N–H and O–H groups in total. The predicted octanol–water partition coefficient (Wildman–Crippen LogP) is 6.59. The highest BCUT2D eigenvalue weighted by molar-refractivity contribution is 5.76. The van der Waals surface area contributed by atoms with Gasteiger partial charge in [0.05, 0.1) is 6.57 Å². The van der Waals surface area contributed by atoms with Gasteiger partial charge in [0.2, 0.25) is 0 Å². The lowest BCUT2D eigenvalue weighted by Crippen LogP contribution is -2.43. The molecule has 0 aliphatic rings. The van der Waals surface area contributed by atoms with E-state index in [0.29, 0.717) is 25.2 Å². The Morgan fingerprint density at radius 3 is 1.77 bits per heavy atom. The molecule has 35 heavy (non-hydrogen) atoms. The first-order chi connectivity index (χ1) is 17.2. The normalized spacial score (nSPS) is 11.5. The largest absolute Gasteiger partial charge is 0.460 e. The van der Waals surface area contributed by atoms with Crippen LogP contribution in [0.1, 0.15) is 22.3 Å². The average Bonchev–Trinajstić information content (AvgIpc) is 2.92. The summed E-state index contributed by atoms with van der Waals surface area (Å²) in [6.45, 7) is 8.80. The summed E-state index contributed by atoms with van der Waals surface area (Å²) in [5.41, 5.74) is 4.70. The Bertz CT molecular complexity index is 1210. The Morgan fingerprint density at radius 2 is 1.23 bits per heavy atom. The highest BCUT2D eigenvalue weighted by atomic mass is 16.5. The summed E-state index contributed by atoms with van der Waals surface area (Å²) in [4.78, 5) is 19.3. The van der Waals surface area contributed by atoms with E-state index in [1.165, 1.54) is 0 Å². The molecule has 0 fully saturated rings. The van der Waals surface area contributed by atoms with Crippen molar-refractivity contribution in [1.29, 1.82) is 0 Å². The van der Waals surface area contributed by atoms with Gasteiger partial charge in [0.25, 0.3) is 0 Å². The van der Waals surface area contributed by atoms with Gasteiger partial charge in [-0.1, -0.05) is 121 Å².